The van der Waals surface area contributed by atoms with Crippen LogP contribution in [0.2, 0.25) is 0 Å². The van der Waals surface area contributed by atoms with Crippen LogP contribution in [0.3, 0.4) is 0 Å². The van der Waals surface area contributed by atoms with Gasteiger partial charge in [0.15, 0.2) is 0 Å². The molecule has 0 saturated carbocycles. The largest absolute Gasteiger partial charge is 0.491 e. The summed E-state index contributed by atoms with van der Waals surface area (Å²) in [5, 5.41) is 11.6. The van der Waals surface area contributed by atoms with Gasteiger partial charge in [-0.05, 0) is 68.5 Å². The van der Waals surface area contributed by atoms with Crippen LogP contribution in [0.1, 0.15) is 35.2 Å². The zero-order chi connectivity index (χ0) is 25.5. The molecule has 2 heterocycles. The summed E-state index contributed by atoms with van der Waals surface area (Å²) in [6.07, 6.45) is 1.94. The summed E-state index contributed by atoms with van der Waals surface area (Å²) in [6.45, 7) is 11.0. The number of Topliss-reactive ketones (excluding diaryl/α,β-unsaturated/α-hetero) is 1. The molecule has 36 heavy (non-hydrogen) atoms. The summed E-state index contributed by atoms with van der Waals surface area (Å²) < 4.78 is 5.84. The molecule has 1 atom stereocenters. The third-order valence-electron chi connectivity index (χ3n) is 7.11. The minimum atomic E-state index is -0.566. The van der Waals surface area contributed by atoms with Gasteiger partial charge in [0, 0.05) is 56.3 Å². The maximum Gasteiger partial charge on any atom is 0.146 e. The molecule has 192 valence electrons. The molecule has 1 N–H and O–H groups in total. The van der Waals surface area contributed by atoms with E-state index in [1.807, 2.05) is 31.2 Å². The molecule has 6 nitrogen and oxygen atoms in total. The lowest BCUT2D eigenvalue weighted by Gasteiger charge is -2.35. The van der Waals surface area contributed by atoms with Crippen LogP contribution in [-0.2, 0) is 11.2 Å². The molecule has 1 aliphatic rings. The van der Waals surface area contributed by atoms with E-state index in [0.717, 1.165) is 61.4 Å². The smallest absolute Gasteiger partial charge is 0.146 e. The number of ether oxygens (including phenoxy) is 1. The SMILES string of the molecule is Cc1ccc2ccc(OCC(O)CN3CCN(CC(=O)CCCc4c(C)cccc4C)CC3)cc2n1. The number of β-amino-alcohol motifs (C(OH)–C–C–N with tert-alkyl or cyclic N) is 1. The highest BCUT2D eigenvalue weighted by Crippen LogP contribution is 2.20. The monoisotopic (exact) mass is 489 g/mol. The van der Waals surface area contributed by atoms with Gasteiger partial charge in [-0.3, -0.25) is 19.6 Å². The maximum absolute atomic E-state index is 12.5. The molecule has 0 aliphatic carbocycles. The van der Waals surface area contributed by atoms with Gasteiger partial charge < -0.3 is 9.84 Å². The Labute approximate surface area is 214 Å². The van der Waals surface area contributed by atoms with Crippen molar-refractivity contribution in [1.29, 1.82) is 0 Å². The predicted molar refractivity (Wildman–Crippen MR) is 145 cm³/mol. The van der Waals surface area contributed by atoms with Crippen molar-refractivity contribution in [1.82, 2.24) is 14.8 Å². The molecule has 0 radical (unpaired) electrons. The number of fused-ring (bicyclic) bond motifs is 1. The first kappa shape index (κ1) is 26.3. The molecule has 2 aromatic carbocycles. The van der Waals surface area contributed by atoms with E-state index in [1.165, 1.54) is 16.7 Å². The molecule has 1 aromatic heterocycles. The maximum atomic E-state index is 12.5. The number of aliphatic hydroxyl groups is 1. The second-order valence-corrected chi connectivity index (χ2v) is 10.1. The van der Waals surface area contributed by atoms with Gasteiger partial charge in [-0.25, -0.2) is 0 Å². The van der Waals surface area contributed by atoms with E-state index in [0.29, 0.717) is 25.3 Å². The van der Waals surface area contributed by atoms with Crippen molar-refractivity contribution in [2.24, 2.45) is 0 Å². The van der Waals surface area contributed by atoms with Crippen LogP contribution >= 0.6 is 0 Å². The third-order valence-corrected chi connectivity index (χ3v) is 7.11. The van der Waals surface area contributed by atoms with E-state index in [2.05, 4.69) is 52.9 Å². The lowest BCUT2D eigenvalue weighted by atomic mass is 9.97. The van der Waals surface area contributed by atoms with Crippen molar-refractivity contribution >= 4 is 16.7 Å². The Morgan fingerprint density at radius 1 is 1.00 bits per heavy atom. The number of rotatable bonds is 11. The van der Waals surface area contributed by atoms with Crippen molar-refractivity contribution in [3.63, 3.8) is 0 Å². The van der Waals surface area contributed by atoms with Gasteiger partial charge in [-0.1, -0.05) is 24.3 Å². The van der Waals surface area contributed by atoms with E-state index in [1.54, 1.807) is 0 Å². The van der Waals surface area contributed by atoms with Crippen LogP contribution in [0.15, 0.2) is 48.5 Å². The minimum absolute atomic E-state index is 0.246. The van der Waals surface area contributed by atoms with Crippen molar-refractivity contribution in [2.45, 2.75) is 46.1 Å². The van der Waals surface area contributed by atoms with E-state index in [4.69, 9.17) is 4.74 Å². The Kier molecular flexibility index (Phi) is 9.08. The number of carbonyl (C=O) groups is 1. The Morgan fingerprint density at radius 2 is 1.69 bits per heavy atom. The normalized spacial score (nSPS) is 15.8. The molecule has 0 spiro atoms. The number of aromatic nitrogens is 1. The lowest BCUT2D eigenvalue weighted by molar-refractivity contribution is -0.120. The van der Waals surface area contributed by atoms with Crippen LogP contribution in [0.4, 0.5) is 0 Å². The molecule has 1 saturated heterocycles. The third kappa shape index (κ3) is 7.36. The van der Waals surface area contributed by atoms with E-state index >= 15 is 0 Å². The molecular formula is C30H39N3O3. The van der Waals surface area contributed by atoms with Crippen LogP contribution in [-0.4, -0.2) is 77.7 Å². The van der Waals surface area contributed by atoms with E-state index in [-0.39, 0.29) is 6.61 Å². The highest BCUT2D eigenvalue weighted by molar-refractivity contribution is 5.80. The highest BCUT2D eigenvalue weighted by atomic mass is 16.5. The molecule has 3 aromatic rings. The standard InChI is InChI=1S/C30H39N3O3/c1-22-6-4-7-23(2)29(22)9-5-8-26(34)19-32-14-16-33(17-15-32)20-27(35)21-36-28-13-12-25-11-10-24(3)31-30(25)18-28/h4,6-7,10-13,18,27,35H,5,8-9,14-17,19-21H2,1-3H3. The molecule has 1 aliphatic heterocycles. The van der Waals surface area contributed by atoms with Gasteiger partial charge in [0.2, 0.25) is 0 Å². The molecular weight excluding hydrogens is 450 g/mol. The zero-order valence-electron chi connectivity index (χ0n) is 21.9. The first-order chi connectivity index (χ1) is 17.4. The Hall–Kier alpha value is -2.80. The number of hydrogen-bond donors (Lipinski definition) is 1. The topological polar surface area (TPSA) is 65.9 Å². The minimum Gasteiger partial charge on any atom is -0.491 e. The van der Waals surface area contributed by atoms with Gasteiger partial charge >= 0.3 is 0 Å². The number of aliphatic hydroxyl groups excluding tert-OH is 1. The molecule has 0 bridgehead atoms. The number of piperazine rings is 1. The van der Waals surface area contributed by atoms with Gasteiger partial charge in [0.1, 0.15) is 24.2 Å². The molecule has 4 rings (SSSR count). The summed E-state index contributed by atoms with van der Waals surface area (Å²) >= 11 is 0. The van der Waals surface area contributed by atoms with E-state index in [9.17, 15) is 9.90 Å². The first-order valence-electron chi connectivity index (χ1n) is 13.1. The Morgan fingerprint density at radius 3 is 2.44 bits per heavy atom. The second kappa shape index (κ2) is 12.4. The van der Waals surface area contributed by atoms with Crippen molar-refractivity contribution < 1.29 is 14.6 Å². The Balaban J connectivity index is 1.13. The van der Waals surface area contributed by atoms with Crippen LogP contribution < -0.4 is 4.74 Å². The molecule has 1 unspecified atom stereocenters. The van der Waals surface area contributed by atoms with Gasteiger partial charge in [-0.2, -0.15) is 0 Å². The average molecular weight is 490 g/mol. The van der Waals surface area contributed by atoms with Crippen molar-refractivity contribution in [3.8, 4) is 5.75 Å². The summed E-state index contributed by atoms with van der Waals surface area (Å²) in [5.41, 5.74) is 5.88. The number of carbonyl (C=O) groups excluding carboxylic acids is 1. The average Bonchev–Trinajstić information content (AvgIpc) is 2.85. The fourth-order valence-corrected chi connectivity index (χ4v) is 5.00. The lowest BCUT2D eigenvalue weighted by Crippen LogP contribution is -2.50. The first-order valence-corrected chi connectivity index (χ1v) is 13.1. The van der Waals surface area contributed by atoms with Crippen LogP contribution in [0.25, 0.3) is 10.9 Å². The summed E-state index contributed by atoms with van der Waals surface area (Å²) in [4.78, 5) is 21.6. The van der Waals surface area contributed by atoms with Crippen molar-refractivity contribution in [2.75, 3.05) is 45.9 Å². The number of ketones is 1. The molecule has 0 amide bonds. The van der Waals surface area contributed by atoms with Crippen LogP contribution in [0, 0.1) is 20.8 Å². The van der Waals surface area contributed by atoms with Gasteiger partial charge in [0.05, 0.1) is 12.1 Å². The van der Waals surface area contributed by atoms with E-state index < -0.39 is 6.10 Å². The van der Waals surface area contributed by atoms with Gasteiger partial charge in [-0.15, -0.1) is 0 Å². The predicted octanol–water partition coefficient (Wildman–Crippen LogP) is 4.11. The summed E-state index contributed by atoms with van der Waals surface area (Å²) in [5.74, 6) is 1.05. The zero-order valence-corrected chi connectivity index (χ0v) is 21.9. The molecule has 6 heteroatoms. The fourth-order valence-electron chi connectivity index (χ4n) is 5.00. The van der Waals surface area contributed by atoms with Gasteiger partial charge in [0.25, 0.3) is 0 Å². The fraction of sp³-hybridized carbons (Fsp3) is 0.467. The number of benzene rings is 2. The number of pyridine rings is 1. The number of aryl methyl sites for hydroxylation is 3. The second-order valence-electron chi connectivity index (χ2n) is 10.1. The summed E-state index contributed by atoms with van der Waals surface area (Å²) in [6, 6.07) is 16.3. The number of hydrogen-bond acceptors (Lipinski definition) is 6. The number of nitrogens with zero attached hydrogens (tertiary/aromatic N) is 3. The summed E-state index contributed by atoms with van der Waals surface area (Å²) in [7, 11) is 0. The Bertz CT molecular complexity index is 1150. The molecule has 1 fully saturated rings. The highest BCUT2D eigenvalue weighted by Gasteiger charge is 2.21. The quantitative estimate of drug-likeness (QED) is 0.437. The van der Waals surface area contributed by atoms with Crippen LogP contribution in [0.5, 0.6) is 5.75 Å². The van der Waals surface area contributed by atoms with Crippen molar-refractivity contribution in [3.05, 3.63) is 70.9 Å².